The second-order valence-corrected chi connectivity index (χ2v) is 5.55. The number of carbonyl (C=O) groups excluding carboxylic acids is 1. The Morgan fingerprint density at radius 3 is 2.82 bits per heavy atom. The predicted octanol–water partition coefficient (Wildman–Crippen LogP) is 0.572. The second kappa shape index (κ2) is 5.83. The molecule has 0 aromatic carbocycles. The fourth-order valence-electron chi connectivity index (χ4n) is 3.25. The minimum Gasteiger partial charge on any atom is -0.354 e. The normalized spacial score (nSPS) is 34.1. The Balaban J connectivity index is 1.77. The van der Waals surface area contributed by atoms with Crippen LogP contribution < -0.4 is 11.1 Å². The topological polar surface area (TPSA) is 58.4 Å². The largest absolute Gasteiger partial charge is 0.354 e. The second-order valence-electron chi connectivity index (χ2n) is 5.55. The fourth-order valence-corrected chi connectivity index (χ4v) is 3.25. The van der Waals surface area contributed by atoms with E-state index in [1.165, 1.54) is 12.8 Å². The number of hydrogen-bond acceptors (Lipinski definition) is 3. The van der Waals surface area contributed by atoms with E-state index in [1.807, 2.05) is 0 Å². The van der Waals surface area contributed by atoms with Crippen LogP contribution in [0.1, 0.15) is 32.1 Å². The minimum absolute atomic E-state index is 0.173. The number of carbonyl (C=O) groups is 1. The van der Waals surface area contributed by atoms with E-state index in [1.54, 1.807) is 0 Å². The summed E-state index contributed by atoms with van der Waals surface area (Å²) in [4.78, 5) is 14.4. The zero-order valence-corrected chi connectivity index (χ0v) is 10.8. The third-order valence-corrected chi connectivity index (χ3v) is 4.48. The number of likely N-dealkylation sites (N-methyl/N-ethyl adjacent to an activating group) is 1. The lowest BCUT2D eigenvalue weighted by atomic mass is 9.95. The van der Waals surface area contributed by atoms with Crippen LogP contribution in [0.15, 0.2) is 0 Å². The van der Waals surface area contributed by atoms with Gasteiger partial charge in [0.2, 0.25) is 5.91 Å². The number of amides is 1. The third kappa shape index (κ3) is 2.99. The van der Waals surface area contributed by atoms with Crippen molar-refractivity contribution in [2.24, 2.45) is 17.6 Å². The average Bonchev–Trinajstić information content (AvgIpc) is 2.94. The van der Waals surface area contributed by atoms with Crippen molar-refractivity contribution in [3.05, 3.63) is 0 Å². The van der Waals surface area contributed by atoms with Crippen LogP contribution in [0.2, 0.25) is 0 Å². The SMILES string of the molecule is CN1CCCC1CNC(=O)C1CCCC1CN. The van der Waals surface area contributed by atoms with E-state index < -0.39 is 0 Å². The maximum atomic E-state index is 12.1. The van der Waals surface area contributed by atoms with Crippen LogP contribution in [0.25, 0.3) is 0 Å². The monoisotopic (exact) mass is 239 g/mol. The molecule has 3 atom stereocenters. The molecule has 1 aliphatic carbocycles. The highest BCUT2D eigenvalue weighted by atomic mass is 16.1. The Morgan fingerprint density at radius 2 is 2.18 bits per heavy atom. The summed E-state index contributed by atoms with van der Waals surface area (Å²) in [5.74, 6) is 0.821. The number of likely N-dealkylation sites (tertiary alicyclic amines) is 1. The van der Waals surface area contributed by atoms with Gasteiger partial charge in [-0.3, -0.25) is 4.79 Å². The average molecular weight is 239 g/mol. The highest BCUT2D eigenvalue weighted by molar-refractivity contribution is 5.79. The van der Waals surface area contributed by atoms with Crippen LogP contribution in [0.3, 0.4) is 0 Å². The molecule has 1 amide bonds. The van der Waals surface area contributed by atoms with Crippen molar-refractivity contribution >= 4 is 5.91 Å². The zero-order valence-electron chi connectivity index (χ0n) is 10.8. The molecule has 0 bridgehead atoms. The molecule has 1 saturated carbocycles. The first-order valence-corrected chi connectivity index (χ1v) is 6.90. The molecule has 2 rings (SSSR count). The quantitative estimate of drug-likeness (QED) is 0.754. The first kappa shape index (κ1) is 12.8. The van der Waals surface area contributed by atoms with E-state index in [-0.39, 0.29) is 11.8 Å². The lowest BCUT2D eigenvalue weighted by Crippen LogP contribution is -2.42. The molecular weight excluding hydrogens is 214 g/mol. The maximum absolute atomic E-state index is 12.1. The molecule has 0 aromatic rings. The lowest BCUT2D eigenvalue weighted by molar-refractivity contribution is -0.126. The van der Waals surface area contributed by atoms with Gasteiger partial charge in [-0.25, -0.2) is 0 Å². The summed E-state index contributed by atoms with van der Waals surface area (Å²) >= 11 is 0. The molecule has 1 aliphatic heterocycles. The van der Waals surface area contributed by atoms with Crippen LogP contribution in [-0.4, -0.2) is 43.5 Å². The Hall–Kier alpha value is -0.610. The summed E-state index contributed by atoms with van der Waals surface area (Å²) in [6.45, 7) is 2.62. The zero-order chi connectivity index (χ0) is 12.3. The summed E-state index contributed by atoms with van der Waals surface area (Å²) < 4.78 is 0. The van der Waals surface area contributed by atoms with Crippen molar-refractivity contribution in [1.82, 2.24) is 10.2 Å². The third-order valence-electron chi connectivity index (χ3n) is 4.48. The standard InChI is InChI=1S/C13H25N3O/c1-16-7-3-5-11(16)9-15-13(17)12-6-2-4-10(12)8-14/h10-12H,2-9,14H2,1H3,(H,15,17). The van der Waals surface area contributed by atoms with E-state index in [2.05, 4.69) is 17.3 Å². The molecule has 3 unspecified atom stereocenters. The van der Waals surface area contributed by atoms with Crippen LogP contribution >= 0.6 is 0 Å². The van der Waals surface area contributed by atoms with E-state index >= 15 is 0 Å². The van der Waals surface area contributed by atoms with E-state index in [0.29, 0.717) is 18.5 Å². The van der Waals surface area contributed by atoms with Gasteiger partial charge in [0.15, 0.2) is 0 Å². The highest BCUT2D eigenvalue weighted by Crippen LogP contribution is 2.31. The van der Waals surface area contributed by atoms with Gasteiger partial charge < -0.3 is 16.0 Å². The molecule has 1 heterocycles. The van der Waals surface area contributed by atoms with Crippen LogP contribution in [0, 0.1) is 11.8 Å². The van der Waals surface area contributed by atoms with Gasteiger partial charge in [-0.05, 0) is 51.7 Å². The number of nitrogens with one attached hydrogen (secondary N) is 1. The Bertz CT molecular complexity index is 269. The van der Waals surface area contributed by atoms with Crippen LogP contribution in [0.5, 0.6) is 0 Å². The highest BCUT2D eigenvalue weighted by Gasteiger charge is 2.32. The van der Waals surface area contributed by atoms with Crippen molar-refractivity contribution in [3.8, 4) is 0 Å². The van der Waals surface area contributed by atoms with Crippen molar-refractivity contribution < 1.29 is 4.79 Å². The molecule has 0 radical (unpaired) electrons. The molecule has 17 heavy (non-hydrogen) atoms. The van der Waals surface area contributed by atoms with Gasteiger partial charge >= 0.3 is 0 Å². The maximum Gasteiger partial charge on any atom is 0.223 e. The summed E-state index contributed by atoms with van der Waals surface area (Å²) in [5.41, 5.74) is 5.71. The van der Waals surface area contributed by atoms with Crippen molar-refractivity contribution in [2.75, 3.05) is 26.7 Å². The van der Waals surface area contributed by atoms with E-state index in [4.69, 9.17) is 5.73 Å². The van der Waals surface area contributed by atoms with Gasteiger partial charge in [0.05, 0.1) is 0 Å². The Labute approximate surface area is 104 Å². The number of nitrogens with zero attached hydrogens (tertiary/aromatic N) is 1. The molecule has 4 nitrogen and oxygen atoms in total. The number of hydrogen-bond donors (Lipinski definition) is 2. The van der Waals surface area contributed by atoms with Gasteiger partial charge in [-0.2, -0.15) is 0 Å². The summed E-state index contributed by atoms with van der Waals surface area (Å²) in [6.07, 6.45) is 5.77. The van der Waals surface area contributed by atoms with Gasteiger partial charge in [0.1, 0.15) is 0 Å². The molecule has 4 heteroatoms. The predicted molar refractivity (Wildman–Crippen MR) is 68.5 cm³/mol. The van der Waals surface area contributed by atoms with Crippen molar-refractivity contribution in [3.63, 3.8) is 0 Å². The Kier molecular flexibility index (Phi) is 4.40. The first-order chi connectivity index (χ1) is 8.22. The fraction of sp³-hybridized carbons (Fsp3) is 0.923. The molecule has 98 valence electrons. The molecule has 2 aliphatic rings. The van der Waals surface area contributed by atoms with Gasteiger partial charge in [0.25, 0.3) is 0 Å². The Morgan fingerprint density at radius 1 is 1.35 bits per heavy atom. The minimum atomic E-state index is 0.173. The lowest BCUT2D eigenvalue weighted by Gasteiger charge is -2.22. The molecule has 2 fully saturated rings. The summed E-state index contributed by atoms with van der Waals surface area (Å²) in [7, 11) is 2.14. The molecule has 0 spiro atoms. The first-order valence-electron chi connectivity index (χ1n) is 6.90. The van der Waals surface area contributed by atoms with E-state index in [9.17, 15) is 4.79 Å². The van der Waals surface area contributed by atoms with Gasteiger partial charge in [0, 0.05) is 18.5 Å². The summed E-state index contributed by atoms with van der Waals surface area (Å²) in [6, 6.07) is 0.539. The molecule has 0 aromatic heterocycles. The van der Waals surface area contributed by atoms with Gasteiger partial charge in [-0.1, -0.05) is 6.42 Å². The smallest absolute Gasteiger partial charge is 0.223 e. The van der Waals surface area contributed by atoms with Crippen molar-refractivity contribution in [2.45, 2.75) is 38.1 Å². The number of nitrogens with two attached hydrogens (primary N) is 1. The van der Waals surface area contributed by atoms with Crippen LogP contribution in [0.4, 0.5) is 0 Å². The molecule has 1 saturated heterocycles. The van der Waals surface area contributed by atoms with Gasteiger partial charge in [-0.15, -0.1) is 0 Å². The molecular formula is C13H25N3O. The van der Waals surface area contributed by atoms with Crippen molar-refractivity contribution in [1.29, 1.82) is 0 Å². The van der Waals surface area contributed by atoms with Crippen LogP contribution in [-0.2, 0) is 4.79 Å². The number of rotatable bonds is 4. The summed E-state index contributed by atoms with van der Waals surface area (Å²) in [5, 5.41) is 3.13. The van der Waals surface area contributed by atoms with E-state index in [0.717, 1.165) is 32.4 Å². The molecule has 3 N–H and O–H groups in total.